The number of carbonyl (C=O) groups is 2. The second kappa shape index (κ2) is 11.6. The molecule has 2 aromatic carbocycles. The van der Waals surface area contributed by atoms with Crippen molar-refractivity contribution in [2.24, 2.45) is 0 Å². The smallest absolute Gasteiger partial charge is 0.252 e. The van der Waals surface area contributed by atoms with Crippen molar-refractivity contribution < 1.29 is 34.0 Å². The molecule has 0 fully saturated rings. The number of aliphatic hydroxyl groups is 3. The average molecular weight is 491 g/mol. The highest BCUT2D eigenvalue weighted by Gasteiger charge is 2.38. The number of fused-ring (bicyclic) bond motifs is 1. The van der Waals surface area contributed by atoms with E-state index >= 15 is 0 Å². The maximum Gasteiger partial charge on any atom is 0.252 e. The number of para-hydroxylation sites is 1. The molecule has 1 heterocycles. The molecule has 1 aliphatic heterocycles. The van der Waals surface area contributed by atoms with Crippen LogP contribution in [0.2, 0.25) is 0 Å². The third-order valence-corrected chi connectivity index (χ3v) is 6.61. The number of methoxy groups -OCH3 is 1. The molecule has 5 atom stereocenters. The summed E-state index contributed by atoms with van der Waals surface area (Å²) in [6.07, 6.45) is -3.99. The van der Waals surface area contributed by atoms with Crippen LogP contribution >= 0.6 is 11.8 Å². The average Bonchev–Trinajstić information content (AvgIpc) is 2.95. The Balaban J connectivity index is 1.64. The van der Waals surface area contributed by atoms with Crippen molar-refractivity contribution in [2.75, 3.05) is 24.8 Å². The Morgan fingerprint density at radius 3 is 2.53 bits per heavy atom. The van der Waals surface area contributed by atoms with Crippen molar-refractivity contribution in [1.82, 2.24) is 5.32 Å². The Kier molecular flexibility index (Phi) is 8.81. The summed E-state index contributed by atoms with van der Waals surface area (Å²) in [6, 6.07) is 11.9. The van der Waals surface area contributed by atoms with E-state index in [-0.39, 0.29) is 11.7 Å². The van der Waals surface area contributed by atoms with Gasteiger partial charge in [0.2, 0.25) is 5.91 Å². The minimum Gasteiger partial charge on any atom is -0.387 e. The van der Waals surface area contributed by atoms with E-state index in [0.717, 1.165) is 10.6 Å². The van der Waals surface area contributed by atoms with E-state index in [1.807, 2.05) is 24.3 Å². The zero-order valence-corrected chi connectivity index (χ0v) is 19.5. The summed E-state index contributed by atoms with van der Waals surface area (Å²) in [6.45, 7) is 0. The number of likely N-dealkylation sites (N-methyl/N-ethyl adjacent to an activating group) is 1. The minimum absolute atomic E-state index is 0.268. The molecule has 3 rings (SSSR count). The van der Waals surface area contributed by atoms with Crippen molar-refractivity contribution in [1.29, 1.82) is 0 Å². The summed E-state index contributed by atoms with van der Waals surface area (Å²) < 4.78 is 18.1. The molecule has 0 bridgehead atoms. The van der Waals surface area contributed by atoms with E-state index in [9.17, 15) is 29.3 Å². The number of benzene rings is 2. The van der Waals surface area contributed by atoms with Gasteiger partial charge in [-0.15, -0.1) is 11.8 Å². The number of amides is 2. The topological polar surface area (TPSA) is 119 Å². The van der Waals surface area contributed by atoms with Crippen LogP contribution in [0.5, 0.6) is 0 Å². The Bertz CT molecular complexity index is 1030. The maximum absolute atomic E-state index is 13.0. The van der Waals surface area contributed by atoms with Gasteiger partial charge in [0.15, 0.2) is 6.10 Å². The molecule has 8 nitrogen and oxygen atoms in total. The van der Waals surface area contributed by atoms with Gasteiger partial charge >= 0.3 is 0 Å². The van der Waals surface area contributed by atoms with E-state index in [1.54, 1.807) is 7.05 Å². The van der Waals surface area contributed by atoms with Crippen molar-refractivity contribution in [2.45, 2.75) is 35.4 Å². The fourth-order valence-electron chi connectivity index (χ4n) is 3.49. The van der Waals surface area contributed by atoms with Crippen LogP contribution in [0.25, 0.3) is 6.08 Å². The third-order valence-electron chi connectivity index (χ3n) is 5.46. The van der Waals surface area contributed by atoms with Crippen molar-refractivity contribution >= 4 is 35.3 Å². The van der Waals surface area contributed by atoms with Gasteiger partial charge < -0.3 is 30.3 Å². The highest BCUT2D eigenvalue weighted by atomic mass is 32.2. The van der Waals surface area contributed by atoms with E-state index < -0.39 is 42.2 Å². The zero-order chi connectivity index (χ0) is 24.8. The summed E-state index contributed by atoms with van der Waals surface area (Å²) in [5, 5.41) is 33.7. The molecule has 1 unspecified atom stereocenters. The molecule has 0 saturated heterocycles. The number of nitrogens with zero attached hydrogens (tertiary/aromatic N) is 1. The monoisotopic (exact) mass is 490 g/mol. The first-order chi connectivity index (χ1) is 16.2. The second-order valence-electron chi connectivity index (χ2n) is 7.78. The molecular weight excluding hydrogens is 463 g/mol. The summed E-state index contributed by atoms with van der Waals surface area (Å²) in [7, 11) is 2.79. The van der Waals surface area contributed by atoms with Crippen molar-refractivity contribution in [3.63, 3.8) is 0 Å². The molecule has 1 aliphatic rings. The number of rotatable bonds is 8. The van der Waals surface area contributed by atoms with Gasteiger partial charge in [-0.1, -0.05) is 36.4 Å². The highest BCUT2D eigenvalue weighted by molar-refractivity contribution is 7.99. The van der Waals surface area contributed by atoms with Crippen LogP contribution in [0.4, 0.5) is 10.1 Å². The van der Waals surface area contributed by atoms with Crippen LogP contribution in [0.3, 0.4) is 0 Å². The first-order valence-electron chi connectivity index (χ1n) is 10.5. The van der Waals surface area contributed by atoms with Crippen LogP contribution in [0, 0.1) is 5.82 Å². The Labute approximate surface area is 201 Å². The maximum atomic E-state index is 13.0. The van der Waals surface area contributed by atoms with Crippen LogP contribution < -0.4 is 10.2 Å². The van der Waals surface area contributed by atoms with Gasteiger partial charge in [0.1, 0.15) is 30.2 Å². The lowest BCUT2D eigenvalue weighted by atomic mass is 10.0. The van der Waals surface area contributed by atoms with E-state index in [1.165, 1.54) is 60.2 Å². The Hall–Kier alpha value is -2.76. The SMILES string of the molecule is CO[C@@H](C(=O)NC1CSc2ccccc2N(C)C1=O)[C@H](O)[C@@H](O)[C@H](O)/C=C/c1ccc(F)cc1. The molecule has 0 radical (unpaired) electrons. The van der Waals surface area contributed by atoms with Gasteiger partial charge in [0, 0.05) is 24.8 Å². The van der Waals surface area contributed by atoms with Gasteiger partial charge in [0.05, 0.1) is 5.69 Å². The molecule has 4 N–H and O–H groups in total. The molecule has 0 spiro atoms. The molecular formula is C24H27FN2O6S. The second-order valence-corrected chi connectivity index (χ2v) is 8.84. The normalized spacial score (nSPS) is 19.8. The fraction of sp³-hybridized carbons (Fsp3) is 0.333. The van der Waals surface area contributed by atoms with Gasteiger partial charge in [-0.2, -0.15) is 0 Å². The van der Waals surface area contributed by atoms with Crippen LogP contribution in [0.15, 0.2) is 59.5 Å². The Morgan fingerprint density at radius 2 is 1.85 bits per heavy atom. The molecule has 10 heteroatoms. The largest absolute Gasteiger partial charge is 0.387 e. The quantitative estimate of drug-likeness (QED) is 0.439. The summed E-state index contributed by atoms with van der Waals surface area (Å²) in [5.41, 5.74) is 1.29. The molecule has 182 valence electrons. The lowest BCUT2D eigenvalue weighted by molar-refractivity contribution is -0.150. The first kappa shape index (κ1) is 25.9. The van der Waals surface area contributed by atoms with Gasteiger partial charge in [-0.05, 0) is 29.8 Å². The van der Waals surface area contributed by atoms with Crippen LogP contribution in [0.1, 0.15) is 5.56 Å². The molecule has 0 saturated carbocycles. The zero-order valence-electron chi connectivity index (χ0n) is 18.7. The number of thioether (sulfide) groups is 1. The van der Waals surface area contributed by atoms with E-state index in [2.05, 4.69) is 5.32 Å². The summed E-state index contributed by atoms with van der Waals surface area (Å²) in [5.74, 6) is -1.29. The van der Waals surface area contributed by atoms with Crippen LogP contribution in [-0.2, 0) is 14.3 Å². The number of halogens is 1. The molecule has 0 aliphatic carbocycles. The van der Waals surface area contributed by atoms with Crippen molar-refractivity contribution in [3.05, 3.63) is 66.0 Å². The van der Waals surface area contributed by atoms with Gasteiger partial charge in [-0.25, -0.2) is 4.39 Å². The lowest BCUT2D eigenvalue weighted by Gasteiger charge is -2.28. The van der Waals surface area contributed by atoms with Crippen molar-refractivity contribution in [3.8, 4) is 0 Å². The number of ether oxygens (including phenoxy) is 1. The predicted molar refractivity (Wildman–Crippen MR) is 127 cm³/mol. The minimum atomic E-state index is -1.79. The van der Waals surface area contributed by atoms with E-state index in [4.69, 9.17) is 4.74 Å². The standard InChI is InChI=1S/C24H27FN2O6S/c1-27-17-5-3-4-6-19(17)34-13-16(24(27)32)26-23(31)22(33-2)21(30)20(29)18(28)12-9-14-7-10-15(25)11-8-14/h3-12,16,18,20-22,28-30H,13H2,1-2H3,(H,26,31)/b12-9+/t16?,18-,20+,21-,22-/m1/s1. The molecule has 2 amide bonds. The summed E-state index contributed by atoms with van der Waals surface area (Å²) >= 11 is 1.41. The van der Waals surface area contributed by atoms with Gasteiger partial charge in [0.25, 0.3) is 5.91 Å². The van der Waals surface area contributed by atoms with Gasteiger partial charge in [-0.3, -0.25) is 9.59 Å². The molecule has 34 heavy (non-hydrogen) atoms. The summed E-state index contributed by atoms with van der Waals surface area (Å²) in [4.78, 5) is 28.1. The number of carbonyl (C=O) groups excluding carboxylic acids is 2. The highest BCUT2D eigenvalue weighted by Crippen LogP contribution is 2.33. The number of hydrogen-bond acceptors (Lipinski definition) is 7. The third kappa shape index (κ3) is 6.02. The number of nitrogens with one attached hydrogen (secondary N) is 1. The van der Waals surface area contributed by atoms with E-state index in [0.29, 0.717) is 5.56 Å². The number of anilines is 1. The lowest BCUT2D eigenvalue weighted by Crippen LogP contribution is -2.56. The number of aliphatic hydroxyl groups excluding tert-OH is 3. The number of hydrogen-bond donors (Lipinski definition) is 4. The fourth-order valence-corrected chi connectivity index (χ4v) is 4.59. The van der Waals surface area contributed by atoms with Crippen LogP contribution in [-0.4, -0.2) is 77.5 Å². The Morgan fingerprint density at radius 1 is 1.18 bits per heavy atom. The predicted octanol–water partition coefficient (Wildman–Crippen LogP) is 1.19. The molecule has 2 aromatic rings. The first-order valence-corrected chi connectivity index (χ1v) is 11.5. The molecule has 0 aromatic heterocycles.